The van der Waals surface area contributed by atoms with Gasteiger partial charge in [-0.3, -0.25) is 4.79 Å². The van der Waals surface area contributed by atoms with Crippen LogP contribution in [0.25, 0.3) is 6.08 Å². The molecule has 2 aromatic carbocycles. The number of benzene rings is 2. The van der Waals surface area contributed by atoms with Crippen molar-refractivity contribution in [2.24, 2.45) is 0 Å². The second-order valence-corrected chi connectivity index (χ2v) is 5.78. The van der Waals surface area contributed by atoms with Crippen molar-refractivity contribution in [3.05, 3.63) is 58.6 Å². The van der Waals surface area contributed by atoms with Crippen molar-refractivity contribution >= 4 is 23.6 Å². The molecule has 2 aromatic rings. The summed E-state index contributed by atoms with van der Waals surface area (Å²) >= 11 is 6.23. The first-order valence-corrected chi connectivity index (χ1v) is 8.54. The normalized spacial score (nSPS) is 10.6. The van der Waals surface area contributed by atoms with Crippen molar-refractivity contribution in [1.29, 1.82) is 0 Å². The Hall–Kier alpha value is -2.66. The summed E-state index contributed by atoms with van der Waals surface area (Å²) in [6.45, 7) is 2.77. The molecule has 0 aliphatic heterocycles. The van der Waals surface area contributed by atoms with E-state index in [4.69, 9.17) is 25.8 Å². The molecule has 138 valence electrons. The molecule has 1 amide bonds. The van der Waals surface area contributed by atoms with E-state index in [-0.39, 0.29) is 5.91 Å². The van der Waals surface area contributed by atoms with E-state index >= 15 is 0 Å². The molecule has 0 aliphatic rings. The lowest BCUT2D eigenvalue weighted by Crippen LogP contribution is -2.20. The van der Waals surface area contributed by atoms with Crippen molar-refractivity contribution < 1.29 is 19.0 Å². The van der Waals surface area contributed by atoms with E-state index in [1.165, 1.54) is 6.08 Å². The minimum Gasteiger partial charge on any atom is -0.497 e. The fraction of sp³-hybridized carbons (Fsp3) is 0.250. The Labute approximate surface area is 158 Å². The van der Waals surface area contributed by atoms with Crippen LogP contribution in [0.4, 0.5) is 0 Å². The first-order valence-electron chi connectivity index (χ1n) is 8.16. The molecule has 0 fully saturated rings. The van der Waals surface area contributed by atoms with E-state index in [1.807, 2.05) is 31.2 Å². The topological polar surface area (TPSA) is 56.8 Å². The van der Waals surface area contributed by atoms with Gasteiger partial charge in [0.05, 0.1) is 25.8 Å². The van der Waals surface area contributed by atoms with Gasteiger partial charge in [-0.1, -0.05) is 23.7 Å². The van der Waals surface area contributed by atoms with Gasteiger partial charge in [0, 0.05) is 12.6 Å². The highest BCUT2D eigenvalue weighted by Crippen LogP contribution is 2.36. The Balaban J connectivity index is 2.02. The first kappa shape index (κ1) is 19.7. The molecule has 1 N–H and O–H groups in total. The minimum absolute atomic E-state index is 0.211. The zero-order chi connectivity index (χ0) is 18.9. The van der Waals surface area contributed by atoms with Gasteiger partial charge >= 0.3 is 0 Å². The van der Waals surface area contributed by atoms with E-state index < -0.39 is 0 Å². The van der Waals surface area contributed by atoms with Gasteiger partial charge in [0.2, 0.25) is 5.91 Å². The summed E-state index contributed by atoms with van der Waals surface area (Å²) < 4.78 is 15.9. The summed E-state index contributed by atoms with van der Waals surface area (Å²) in [6, 6.07) is 11.0. The lowest BCUT2D eigenvalue weighted by Gasteiger charge is -2.11. The second-order valence-electron chi connectivity index (χ2n) is 5.37. The average Bonchev–Trinajstić information content (AvgIpc) is 2.66. The van der Waals surface area contributed by atoms with Crippen molar-refractivity contribution in [1.82, 2.24) is 5.32 Å². The number of carbonyl (C=O) groups excluding carboxylic acids is 1. The number of amides is 1. The van der Waals surface area contributed by atoms with Gasteiger partial charge in [-0.05, 0) is 48.4 Å². The highest BCUT2D eigenvalue weighted by molar-refractivity contribution is 6.32. The first-order chi connectivity index (χ1) is 12.6. The SMILES string of the molecule is CCOc1c(Cl)cc(/C=C/C(=O)NCc2cccc(OC)c2)cc1OC. The van der Waals surface area contributed by atoms with Gasteiger partial charge < -0.3 is 19.5 Å². The number of methoxy groups -OCH3 is 2. The van der Waals surface area contributed by atoms with Crippen LogP contribution >= 0.6 is 11.6 Å². The zero-order valence-corrected chi connectivity index (χ0v) is 15.8. The van der Waals surface area contributed by atoms with Gasteiger partial charge in [-0.25, -0.2) is 0 Å². The predicted molar refractivity (Wildman–Crippen MR) is 103 cm³/mol. The molecule has 26 heavy (non-hydrogen) atoms. The molecule has 0 aromatic heterocycles. The number of hydrogen-bond acceptors (Lipinski definition) is 4. The Morgan fingerprint density at radius 2 is 2.00 bits per heavy atom. The van der Waals surface area contributed by atoms with Crippen LogP contribution in [0.15, 0.2) is 42.5 Å². The van der Waals surface area contributed by atoms with Crippen LogP contribution in [0, 0.1) is 0 Å². The number of ether oxygens (including phenoxy) is 3. The maximum atomic E-state index is 12.0. The van der Waals surface area contributed by atoms with Gasteiger partial charge in [0.1, 0.15) is 5.75 Å². The molecule has 0 heterocycles. The van der Waals surface area contributed by atoms with Crippen LogP contribution in [0.2, 0.25) is 5.02 Å². The monoisotopic (exact) mass is 375 g/mol. The van der Waals surface area contributed by atoms with Gasteiger partial charge in [0.15, 0.2) is 11.5 Å². The maximum Gasteiger partial charge on any atom is 0.244 e. The van der Waals surface area contributed by atoms with E-state index in [9.17, 15) is 4.79 Å². The number of carbonyl (C=O) groups is 1. The minimum atomic E-state index is -0.211. The van der Waals surface area contributed by atoms with Crippen molar-refractivity contribution in [3.63, 3.8) is 0 Å². The molecule has 2 rings (SSSR count). The van der Waals surface area contributed by atoms with Crippen LogP contribution in [-0.4, -0.2) is 26.7 Å². The molecule has 5 nitrogen and oxygen atoms in total. The molecule has 0 bridgehead atoms. The molecule has 0 saturated carbocycles. The van der Waals surface area contributed by atoms with Crippen molar-refractivity contribution in [3.8, 4) is 17.2 Å². The third-order valence-corrected chi connectivity index (χ3v) is 3.85. The Morgan fingerprint density at radius 3 is 2.69 bits per heavy atom. The van der Waals surface area contributed by atoms with E-state index in [0.717, 1.165) is 16.9 Å². The number of halogens is 1. The fourth-order valence-electron chi connectivity index (χ4n) is 2.32. The van der Waals surface area contributed by atoms with Crippen LogP contribution in [0.5, 0.6) is 17.2 Å². The fourth-order valence-corrected chi connectivity index (χ4v) is 2.60. The van der Waals surface area contributed by atoms with Crippen LogP contribution in [0.1, 0.15) is 18.1 Å². The molecule has 0 radical (unpaired) electrons. The van der Waals surface area contributed by atoms with Gasteiger partial charge in [-0.2, -0.15) is 0 Å². The summed E-state index contributed by atoms with van der Waals surface area (Å²) in [5.74, 6) is 1.56. The Bertz CT molecular complexity index is 789. The third-order valence-electron chi connectivity index (χ3n) is 3.57. The molecule has 6 heteroatoms. The number of hydrogen-bond donors (Lipinski definition) is 1. The van der Waals surface area contributed by atoms with E-state index in [1.54, 1.807) is 32.4 Å². The van der Waals surface area contributed by atoms with Crippen LogP contribution in [-0.2, 0) is 11.3 Å². The van der Waals surface area contributed by atoms with E-state index in [0.29, 0.717) is 29.7 Å². The largest absolute Gasteiger partial charge is 0.497 e. The summed E-state index contributed by atoms with van der Waals surface area (Å²) in [7, 11) is 3.15. The second kappa shape index (κ2) is 9.73. The van der Waals surface area contributed by atoms with Gasteiger partial charge in [0.25, 0.3) is 0 Å². The highest BCUT2D eigenvalue weighted by atomic mass is 35.5. The molecule has 0 spiro atoms. The summed E-state index contributed by atoms with van der Waals surface area (Å²) in [5.41, 5.74) is 1.70. The summed E-state index contributed by atoms with van der Waals surface area (Å²) in [5, 5.41) is 3.26. The van der Waals surface area contributed by atoms with Crippen LogP contribution in [0.3, 0.4) is 0 Å². The Kier molecular flexibility index (Phi) is 7.36. The molecular formula is C20H22ClNO4. The third kappa shape index (κ3) is 5.43. The summed E-state index contributed by atoms with van der Waals surface area (Å²) in [4.78, 5) is 12.0. The van der Waals surface area contributed by atoms with Crippen molar-refractivity contribution in [2.45, 2.75) is 13.5 Å². The maximum absolute atomic E-state index is 12.0. The highest BCUT2D eigenvalue weighted by Gasteiger charge is 2.10. The standard InChI is InChI=1S/C20H22ClNO4/c1-4-26-20-17(21)11-14(12-18(20)25-3)8-9-19(23)22-13-15-6-5-7-16(10-15)24-2/h5-12H,4,13H2,1-3H3,(H,22,23)/b9-8+. The molecule has 0 aliphatic carbocycles. The Morgan fingerprint density at radius 1 is 1.19 bits per heavy atom. The predicted octanol–water partition coefficient (Wildman–Crippen LogP) is 4.09. The molecule has 0 atom stereocenters. The molecular weight excluding hydrogens is 354 g/mol. The molecule has 0 saturated heterocycles. The quantitative estimate of drug-likeness (QED) is 0.706. The smallest absolute Gasteiger partial charge is 0.244 e. The molecule has 0 unspecified atom stereocenters. The van der Waals surface area contributed by atoms with Gasteiger partial charge in [-0.15, -0.1) is 0 Å². The van der Waals surface area contributed by atoms with Crippen LogP contribution < -0.4 is 19.5 Å². The summed E-state index contributed by atoms with van der Waals surface area (Å²) in [6.07, 6.45) is 3.12. The number of rotatable bonds is 8. The average molecular weight is 376 g/mol. The number of nitrogens with one attached hydrogen (secondary N) is 1. The van der Waals surface area contributed by atoms with E-state index in [2.05, 4.69) is 5.32 Å². The lowest BCUT2D eigenvalue weighted by molar-refractivity contribution is -0.116. The zero-order valence-electron chi connectivity index (χ0n) is 15.0. The van der Waals surface area contributed by atoms with Crippen molar-refractivity contribution in [2.75, 3.05) is 20.8 Å². The lowest BCUT2D eigenvalue weighted by atomic mass is 10.1.